The molecule has 3 nitrogen and oxygen atoms in total. The molecule has 1 aromatic rings. The van der Waals surface area contributed by atoms with E-state index in [1.54, 1.807) is 5.32 Å². The van der Waals surface area contributed by atoms with E-state index in [-0.39, 0.29) is 0 Å². The van der Waals surface area contributed by atoms with Crippen LogP contribution in [0.5, 0.6) is 0 Å². The predicted molar refractivity (Wildman–Crippen MR) is 66.3 cm³/mol. The smallest absolute Gasteiger partial charge is 0.419 e. The van der Waals surface area contributed by atoms with E-state index in [4.69, 9.17) is 4.74 Å². The van der Waals surface area contributed by atoms with Crippen LogP contribution < -0.4 is 5.32 Å². The van der Waals surface area contributed by atoms with Crippen molar-refractivity contribution in [3.05, 3.63) is 29.3 Å². The van der Waals surface area contributed by atoms with Gasteiger partial charge in [0.1, 0.15) is 5.60 Å². The number of rotatable bonds is 1. The highest BCUT2D eigenvalue weighted by molar-refractivity contribution is 5.86. The van der Waals surface area contributed by atoms with Gasteiger partial charge in [-0.25, -0.2) is 4.79 Å². The van der Waals surface area contributed by atoms with Crippen molar-refractivity contribution < 1.29 is 35.9 Å². The Hall–Kier alpha value is -1.93. The Morgan fingerprint density at radius 3 is 1.95 bits per heavy atom. The highest BCUT2D eigenvalue weighted by atomic mass is 19.4. The maximum atomic E-state index is 12.9. The van der Waals surface area contributed by atoms with Crippen molar-refractivity contribution in [3.63, 3.8) is 0 Å². The number of hydrogen-bond donors (Lipinski definition) is 1. The van der Waals surface area contributed by atoms with Gasteiger partial charge in [0.15, 0.2) is 0 Å². The molecule has 0 atom stereocenters. The van der Waals surface area contributed by atoms with Crippen molar-refractivity contribution in [2.24, 2.45) is 0 Å². The summed E-state index contributed by atoms with van der Waals surface area (Å²) in [4.78, 5) is 11.5. The van der Waals surface area contributed by atoms with Crippen LogP contribution >= 0.6 is 0 Å². The second kappa shape index (κ2) is 5.69. The van der Waals surface area contributed by atoms with Crippen LogP contribution in [0.2, 0.25) is 0 Å². The van der Waals surface area contributed by atoms with E-state index in [2.05, 4.69) is 0 Å². The van der Waals surface area contributed by atoms with E-state index in [1.807, 2.05) is 0 Å². The molecule has 0 aromatic heterocycles. The van der Waals surface area contributed by atoms with E-state index in [9.17, 15) is 31.1 Å². The molecule has 22 heavy (non-hydrogen) atoms. The van der Waals surface area contributed by atoms with Gasteiger partial charge in [-0.1, -0.05) is 6.07 Å². The first kappa shape index (κ1) is 18.1. The fourth-order valence-corrected chi connectivity index (χ4v) is 1.61. The van der Waals surface area contributed by atoms with E-state index < -0.39 is 40.9 Å². The molecule has 0 fully saturated rings. The number of nitrogens with one attached hydrogen (secondary N) is 1. The summed E-state index contributed by atoms with van der Waals surface area (Å²) in [5.74, 6) is 0. The lowest BCUT2D eigenvalue weighted by Crippen LogP contribution is -2.28. The zero-order valence-corrected chi connectivity index (χ0v) is 11.8. The molecule has 1 N–H and O–H groups in total. The Kier molecular flexibility index (Phi) is 4.69. The summed E-state index contributed by atoms with van der Waals surface area (Å²) in [6, 6.07) is 1.79. The first-order chi connectivity index (χ1) is 9.72. The van der Waals surface area contributed by atoms with Crippen LogP contribution in [0.4, 0.5) is 36.8 Å². The normalized spacial score (nSPS) is 13.0. The van der Waals surface area contributed by atoms with Crippen molar-refractivity contribution in [2.75, 3.05) is 5.32 Å². The van der Waals surface area contributed by atoms with Crippen LogP contribution in [0, 0.1) is 0 Å². The Morgan fingerprint density at radius 1 is 1.00 bits per heavy atom. The summed E-state index contributed by atoms with van der Waals surface area (Å²) >= 11 is 0. The molecule has 0 unspecified atom stereocenters. The summed E-state index contributed by atoms with van der Waals surface area (Å²) in [6.07, 6.45) is -11.8. The third-order valence-corrected chi connectivity index (χ3v) is 2.29. The van der Waals surface area contributed by atoms with Gasteiger partial charge in [-0.3, -0.25) is 5.32 Å². The Balaban J connectivity index is 3.29. The highest BCUT2D eigenvalue weighted by Crippen LogP contribution is 2.43. The molecular weight excluding hydrogens is 316 g/mol. The summed E-state index contributed by atoms with van der Waals surface area (Å²) in [5.41, 5.74) is -5.87. The van der Waals surface area contributed by atoms with Gasteiger partial charge in [-0.05, 0) is 32.9 Å². The topological polar surface area (TPSA) is 38.3 Å². The second-order valence-electron chi connectivity index (χ2n) is 5.35. The van der Waals surface area contributed by atoms with Gasteiger partial charge in [0.2, 0.25) is 0 Å². The quantitative estimate of drug-likeness (QED) is 0.731. The molecule has 9 heteroatoms. The number of hydrogen-bond acceptors (Lipinski definition) is 2. The number of benzene rings is 1. The number of carbonyl (C=O) groups excluding carboxylic acids is 1. The minimum atomic E-state index is -5.30. The molecular formula is C13H13F6NO2. The molecule has 1 rings (SSSR count). The summed E-state index contributed by atoms with van der Waals surface area (Å²) in [6.45, 7) is 4.39. The van der Waals surface area contributed by atoms with Crippen molar-refractivity contribution in [1.82, 2.24) is 0 Å². The van der Waals surface area contributed by atoms with Crippen molar-refractivity contribution in [3.8, 4) is 0 Å². The summed E-state index contributed by atoms with van der Waals surface area (Å²) < 4.78 is 81.7. The Labute approximate surface area is 122 Å². The lowest BCUT2D eigenvalue weighted by Gasteiger charge is -2.22. The molecule has 1 aromatic carbocycles. The molecule has 0 spiro atoms. The number of carbonyl (C=O) groups is 1. The fraction of sp³-hybridized carbons (Fsp3) is 0.462. The van der Waals surface area contributed by atoms with Crippen LogP contribution in [0.3, 0.4) is 0 Å². The van der Waals surface area contributed by atoms with Crippen molar-refractivity contribution in [2.45, 2.75) is 38.7 Å². The van der Waals surface area contributed by atoms with Crippen LogP contribution in [0.15, 0.2) is 18.2 Å². The van der Waals surface area contributed by atoms with Crippen LogP contribution in [-0.2, 0) is 17.1 Å². The minimum absolute atomic E-state index is 0.295. The number of ether oxygens (including phenoxy) is 1. The van der Waals surface area contributed by atoms with E-state index >= 15 is 0 Å². The van der Waals surface area contributed by atoms with Gasteiger partial charge in [0, 0.05) is 0 Å². The van der Waals surface area contributed by atoms with E-state index in [0.29, 0.717) is 6.07 Å². The molecule has 124 valence electrons. The highest BCUT2D eigenvalue weighted by Gasteiger charge is 2.45. The molecule has 0 heterocycles. The third kappa shape index (κ3) is 4.81. The van der Waals surface area contributed by atoms with Gasteiger partial charge in [-0.2, -0.15) is 26.3 Å². The lowest BCUT2D eigenvalue weighted by molar-refractivity contribution is -0.161. The minimum Gasteiger partial charge on any atom is -0.444 e. The van der Waals surface area contributed by atoms with Crippen LogP contribution in [0.25, 0.3) is 0 Å². The standard InChI is InChI=1S/C13H13F6NO2/c1-11(2,3)22-10(21)20-8-6-4-5-7(12(14,15)16)9(8)13(17,18)19/h4-6H,1-3H3,(H,20,21). The van der Waals surface area contributed by atoms with Gasteiger partial charge < -0.3 is 4.74 Å². The molecule has 0 aliphatic rings. The van der Waals surface area contributed by atoms with Crippen LogP contribution in [0.1, 0.15) is 31.9 Å². The third-order valence-electron chi connectivity index (χ3n) is 2.29. The SMILES string of the molecule is CC(C)(C)OC(=O)Nc1cccc(C(F)(F)F)c1C(F)(F)F. The second-order valence-corrected chi connectivity index (χ2v) is 5.35. The zero-order chi connectivity index (χ0) is 17.3. The first-order valence-corrected chi connectivity index (χ1v) is 5.99. The molecule has 0 bridgehead atoms. The van der Waals surface area contributed by atoms with E-state index in [1.165, 1.54) is 20.8 Å². The maximum absolute atomic E-state index is 12.9. The number of alkyl halides is 6. The van der Waals surface area contributed by atoms with Gasteiger partial charge in [-0.15, -0.1) is 0 Å². The summed E-state index contributed by atoms with van der Waals surface area (Å²) in [7, 11) is 0. The van der Waals surface area contributed by atoms with Crippen molar-refractivity contribution >= 4 is 11.8 Å². The van der Waals surface area contributed by atoms with Gasteiger partial charge in [0.25, 0.3) is 0 Å². The number of amides is 1. The molecule has 0 aliphatic heterocycles. The van der Waals surface area contributed by atoms with Gasteiger partial charge in [0.05, 0.1) is 16.8 Å². The zero-order valence-electron chi connectivity index (χ0n) is 11.8. The predicted octanol–water partition coefficient (Wildman–Crippen LogP) is 5.07. The fourth-order valence-electron chi connectivity index (χ4n) is 1.61. The monoisotopic (exact) mass is 329 g/mol. The lowest BCUT2D eigenvalue weighted by atomic mass is 10.0. The largest absolute Gasteiger partial charge is 0.444 e. The molecule has 0 saturated heterocycles. The number of halogens is 6. The molecule has 0 saturated carbocycles. The average molecular weight is 329 g/mol. The van der Waals surface area contributed by atoms with Gasteiger partial charge >= 0.3 is 18.4 Å². The summed E-state index contributed by atoms with van der Waals surface area (Å²) in [5, 5.41) is 1.70. The molecule has 0 aliphatic carbocycles. The first-order valence-electron chi connectivity index (χ1n) is 5.99. The maximum Gasteiger partial charge on any atom is 0.419 e. The number of anilines is 1. The van der Waals surface area contributed by atoms with Crippen LogP contribution in [-0.4, -0.2) is 11.7 Å². The average Bonchev–Trinajstić information content (AvgIpc) is 2.22. The van der Waals surface area contributed by atoms with Crippen molar-refractivity contribution in [1.29, 1.82) is 0 Å². The van der Waals surface area contributed by atoms with E-state index in [0.717, 1.165) is 12.1 Å². The Morgan fingerprint density at radius 2 is 1.55 bits per heavy atom. The molecule has 0 radical (unpaired) electrons. The molecule has 1 amide bonds. The Bertz CT molecular complexity index is 557.